The van der Waals surface area contributed by atoms with Gasteiger partial charge in [0.05, 0.1) is 0 Å². The van der Waals surface area contributed by atoms with Gasteiger partial charge in [0.15, 0.2) is 0 Å². The Labute approximate surface area is 109 Å². The molecular weight excluding hydrogens is 226 g/mol. The minimum absolute atomic E-state index is 0.407. The molecule has 94 valence electrons. The third-order valence-electron chi connectivity index (χ3n) is 3.97. The molecule has 1 fully saturated rings. The lowest BCUT2D eigenvalue weighted by Crippen LogP contribution is -2.41. The molecule has 0 spiro atoms. The van der Waals surface area contributed by atoms with Gasteiger partial charge in [-0.15, -0.1) is 0 Å². The number of rotatable bonds is 2. The quantitative estimate of drug-likeness (QED) is 0.841. The van der Waals surface area contributed by atoms with Crippen LogP contribution in [0.2, 0.25) is 0 Å². The Kier molecular flexibility index (Phi) is 3.72. The molecule has 1 aliphatic heterocycles. The molecule has 1 unspecified atom stereocenters. The van der Waals surface area contributed by atoms with Crippen LogP contribution in [-0.2, 0) is 0 Å². The molecule has 1 heterocycles. The minimum atomic E-state index is 0.407. The fourth-order valence-electron chi connectivity index (χ4n) is 2.21. The fourth-order valence-corrected chi connectivity index (χ4v) is 3.81. The molecule has 1 aromatic carbocycles. The highest BCUT2D eigenvalue weighted by atomic mass is 32.2. The van der Waals surface area contributed by atoms with Crippen LogP contribution in [0.1, 0.15) is 31.4 Å². The molecule has 2 heteroatoms. The van der Waals surface area contributed by atoms with E-state index in [0.717, 1.165) is 0 Å². The maximum atomic E-state index is 3.72. The first-order chi connectivity index (χ1) is 7.99. The summed E-state index contributed by atoms with van der Waals surface area (Å²) in [4.78, 5) is 0. The third kappa shape index (κ3) is 2.98. The normalized spacial score (nSPS) is 23.4. The molecule has 17 heavy (non-hydrogen) atoms. The van der Waals surface area contributed by atoms with E-state index < -0.39 is 0 Å². The smallest absolute Gasteiger partial charge is 0.0403 e. The average molecular weight is 249 g/mol. The Morgan fingerprint density at radius 3 is 2.65 bits per heavy atom. The van der Waals surface area contributed by atoms with Gasteiger partial charge in [0.1, 0.15) is 0 Å². The summed E-state index contributed by atoms with van der Waals surface area (Å²) in [6, 6.07) is 7.27. The zero-order valence-electron chi connectivity index (χ0n) is 11.3. The summed E-state index contributed by atoms with van der Waals surface area (Å²) in [5.74, 6) is 2.53. The third-order valence-corrected chi connectivity index (χ3v) is 5.03. The van der Waals surface area contributed by atoms with Crippen molar-refractivity contribution in [2.24, 2.45) is 5.41 Å². The summed E-state index contributed by atoms with van der Waals surface area (Å²) in [7, 11) is 0. The number of nitrogens with one attached hydrogen (secondary N) is 1. The molecular formula is C15H23NS. The van der Waals surface area contributed by atoms with E-state index in [4.69, 9.17) is 0 Å². The van der Waals surface area contributed by atoms with Crippen molar-refractivity contribution in [2.45, 2.75) is 40.2 Å². The van der Waals surface area contributed by atoms with Gasteiger partial charge in [0, 0.05) is 17.5 Å². The van der Waals surface area contributed by atoms with Crippen LogP contribution < -0.4 is 5.32 Å². The van der Waals surface area contributed by atoms with Crippen molar-refractivity contribution in [3.63, 3.8) is 0 Å². The van der Waals surface area contributed by atoms with Gasteiger partial charge in [-0.05, 0) is 54.7 Å². The van der Waals surface area contributed by atoms with Crippen molar-refractivity contribution in [3.8, 4) is 0 Å². The number of benzene rings is 1. The number of hydrogen-bond donors (Lipinski definition) is 1. The molecule has 1 aliphatic rings. The standard InChI is InChI=1S/C15H23NS/c1-11-5-6-13(9-12(11)2)16-14-10-17-8-7-15(14,3)4/h5-6,9,14,16H,7-8,10H2,1-4H3. The maximum Gasteiger partial charge on any atom is 0.0403 e. The highest BCUT2D eigenvalue weighted by Crippen LogP contribution is 2.36. The first kappa shape index (κ1) is 12.8. The molecule has 0 amide bonds. The molecule has 0 aliphatic carbocycles. The highest BCUT2D eigenvalue weighted by molar-refractivity contribution is 7.99. The van der Waals surface area contributed by atoms with E-state index in [1.807, 2.05) is 0 Å². The molecule has 0 bridgehead atoms. The molecule has 0 saturated carbocycles. The monoisotopic (exact) mass is 249 g/mol. The van der Waals surface area contributed by atoms with Crippen molar-refractivity contribution in [1.29, 1.82) is 0 Å². The van der Waals surface area contributed by atoms with Gasteiger partial charge >= 0.3 is 0 Å². The molecule has 1 N–H and O–H groups in total. The minimum Gasteiger partial charge on any atom is -0.381 e. The van der Waals surface area contributed by atoms with Gasteiger partial charge in [-0.2, -0.15) is 11.8 Å². The number of aryl methyl sites for hydroxylation is 2. The van der Waals surface area contributed by atoms with Crippen molar-refractivity contribution in [2.75, 3.05) is 16.8 Å². The highest BCUT2D eigenvalue weighted by Gasteiger charge is 2.32. The van der Waals surface area contributed by atoms with E-state index in [1.165, 1.54) is 34.7 Å². The van der Waals surface area contributed by atoms with Crippen LogP contribution in [0.5, 0.6) is 0 Å². The van der Waals surface area contributed by atoms with E-state index in [2.05, 4.69) is 63.0 Å². The summed E-state index contributed by atoms with van der Waals surface area (Å²) in [5.41, 5.74) is 4.42. The second kappa shape index (κ2) is 4.93. The Morgan fingerprint density at radius 2 is 2.00 bits per heavy atom. The predicted octanol–water partition coefficient (Wildman–Crippen LogP) is 4.25. The summed E-state index contributed by atoms with van der Waals surface area (Å²) in [6.07, 6.45) is 1.31. The SMILES string of the molecule is Cc1ccc(NC2CSCCC2(C)C)cc1C. The Hall–Kier alpha value is -0.630. The maximum absolute atomic E-state index is 3.72. The van der Waals surface area contributed by atoms with Crippen molar-refractivity contribution >= 4 is 17.4 Å². The molecule has 1 saturated heterocycles. The largest absolute Gasteiger partial charge is 0.381 e. The van der Waals surface area contributed by atoms with Gasteiger partial charge in [-0.3, -0.25) is 0 Å². The Bertz CT molecular complexity index is 398. The second-order valence-electron chi connectivity index (χ2n) is 5.81. The second-order valence-corrected chi connectivity index (χ2v) is 6.96. The van der Waals surface area contributed by atoms with Crippen LogP contribution in [0.4, 0.5) is 5.69 Å². The van der Waals surface area contributed by atoms with Gasteiger partial charge in [-0.1, -0.05) is 19.9 Å². The van der Waals surface area contributed by atoms with Gasteiger partial charge in [0.25, 0.3) is 0 Å². The molecule has 1 aromatic rings. The Morgan fingerprint density at radius 1 is 1.24 bits per heavy atom. The first-order valence-corrected chi connectivity index (χ1v) is 7.56. The Balaban J connectivity index is 2.11. The summed E-state index contributed by atoms with van der Waals surface area (Å²) < 4.78 is 0. The first-order valence-electron chi connectivity index (χ1n) is 6.40. The van der Waals surface area contributed by atoms with Crippen LogP contribution in [-0.4, -0.2) is 17.5 Å². The fraction of sp³-hybridized carbons (Fsp3) is 0.600. The summed E-state index contributed by atoms with van der Waals surface area (Å²) in [5, 5.41) is 3.72. The van der Waals surface area contributed by atoms with Crippen molar-refractivity contribution < 1.29 is 0 Å². The molecule has 2 rings (SSSR count). The molecule has 1 nitrogen and oxygen atoms in total. The number of hydrogen-bond acceptors (Lipinski definition) is 2. The predicted molar refractivity (Wildman–Crippen MR) is 79.0 cm³/mol. The van der Waals surface area contributed by atoms with Crippen LogP contribution >= 0.6 is 11.8 Å². The van der Waals surface area contributed by atoms with Gasteiger partial charge in [0.2, 0.25) is 0 Å². The lowest BCUT2D eigenvalue weighted by atomic mass is 9.82. The van der Waals surface area contributed by atoms with E-state index in [0.29, 0.717) is 11.5 Å². The van der Waals surface area contributed by atoms with E-state index in [1.54, 1.807) is 0 Å². The van der Waals surface area contributed by atoms with Crippen molar-refractivity contribution in [1.82, 2.24) is 0 Å². The topological polar surface area (TPSA) is 12.0 Å². The van der Waals surface area contributed by atoms with Crippen LogP contribution in [0.15, 0.2) is 18.2 Å². The van der Waals surface area contributed by atoms with E-state index in [-0.39, 0.29) is 0 Å². The van der Waals surface area contributed by atoms with Crippen molar-refractivity contribution in [3.05, 3.63) is 29.3 Å². The average Bonchev–Trinajstić information content (AvgIpc) is 2.26. The summed E-state index contributed by atoms with van der Waals surface area (Å²) in [6.45, 7) is 9.11. The molecule has 0 radical (unpaired) electrons. The molecule has 1 atom stereocenters. The number of anilines is 1. The van der Waals surface area contributed by atoms with Gasteiger partial charge < -0.3 is 5.32 Å². The van der Waals surface area contributed by atoms with E-state index in [9.17, 15) is 0 Å². The van der Waals surface area contributed by atoms with Crippen LogP contribution in [0.3, 0.4) is 0 Å². The van der Waals surface area contributed by atoms with E-state index >= 15 is 0 Å². The lowest BCUT2D eigenvalue weighted by molar-refractivity contribution is 0.305. The molecule has 0 aromatic heterocycles. The van der Waals surface area contributed by atoms with Crippen LogP contribution in [0.25, 0.3) is 0 Å². The van der Waals surface area contributed by atoms with Gasteiger partial charge in [-0.25, -0.2) is 0 Å². The van der Waals surface area contributed by atoms with Crippen LogP contribution in [0, 0.1) is 19.3 Å². The number of thioether (sulfide) groups is 1. The zero-order valence-corrected chi connectivity index (χ0v) is 12.2. The zero-order chi connectivity index (χ0) is 12.5. The summed E-state index contributed by atoms with van der Waals surface area (Å²) >= 11 is 2.07. The lowest BCUT2D eigenvalue weighted by Gasteiger charge is -2.39.